The maximum atomic E-state index is 13.1. The molecule has 0 heterocycles. The minimum Gasteiger partial charge on any atom is -0.497 e. The lowest BCUT2D eigenvalue weighted by atomic mass is 9.93. The van der Waals surface area contributed by atoms with Crippen LogP contribution in [0, 0.1) is 0 Å². The van der Waals surface area contributed by atoms with E-state index in [0.29, 0.717) is 17.2 Å². The lowest BCUT2D eigenvalue weighted by Gasteiger charge is -2.29. The van der Waals surface area contributed by atoms with Crippen LogP contribution in [-0.4, -0.2) is 19.2 Å². The third-order valence-corrected chi connectivity index (χ3v) is 9.19. The van der Waals surface area contributed by atoms with Crippen molar-refractivity contribution in [3.05, 3.63) is 193 Å². The summed E-state index contributed by atoms with van der Waals surface area (Å²) in [6.07, 6.45) is -0.853. The Morgan fingerprint density at radius 3 is 1.30 bits per heavy atom. The number of hydrogen-bond acceptors (Lipinski definition) is 8. The summed E-state index contributed by atoms with van der Waals surface area (Å²) in [5.41, 5.74) is 7.56. The van der Waals surface area contributed by atoms with Crippen molar-refractivity contribution < 1.29 is 28.5 Å². The van der Waals surface area contributed by atoms with E-state index in [4.69, 9.17) is 18.9 Å². The summed E-state index contributed by atoms with van der Waals surface area (Å²) in [7, 11) is 1.67. The molecule has 0 amide bonds. The van der Waals surface area contributed by atoms with Gasteiger partial charge in [0, 0.05) is 59.1 Å². The summed E-state index contributed by atoms with van der Waals surface area (Å²) in [6, 6.07) is 58.5. The number of carbonyl (C=O) groups excluding carboxylic acids is 2. The fraction of sp³-hybridized carbons (Fsp3) is 0.0833. The summed E-state index contributed by atoms with van der Waals surface area (Å²) in [6.45, 7) is 3.45. The van der Waals surface area contributed by atoms with Gasteiger partial charge in [0.2, 0.25) is 0 Å². The molecule has 0 aromatic heterocycles. The topological polar surface area (TPSA) is 77.5 Å². The smallest absolute Gasteiger partial charge is 0.497 e. The van der Waals surface area contributed by atoms with Crippen LogP contribution in [-0.2, 0) is 4.79 Å². The molecule has 0 aliphatic heterocycles. The van der Waals surface area contributed by atoms with Gasteiger partial charge >= 0.3 is 12.1 Å². The molecule has 0 N–H and O–H groups in total. The van der Waals surface area contributed by atoms with Gasteiger partial charge in [-0.3, -0.25) is 4.79 Å². The molecule has 0 spiro atoms. The second kappa shape index (κ2) is 17.2. The minimum atomic E-state index is -0.853. The Kier molecular flexibility index (Phi) is 11.4. The van der Waals surface area contributed by atoms with Crippen LogP contribution >= 0.6 is 0 Å². The normalized spacial score (nSPS) is 11.2. The molecule has 7 rings (SSSR count). The van der Waals surface area contributed by atoms with Crippen molar-refractivity contribution in [3.8, 4) is 23.0 Å². The van der Waals surface area contributed by atoms with Crippen molar-refractivity contribution in [1.82, 2.24) is 0 Å². The van der Waals surface area contributed by atoms with E-state index in [1.165, 1.54) is 6.92 Å². The number of nitrogens with zero attached hydrogens (tertiary/aromatic N) is 2. The second-order valence-corrected chi connectivity index (χ2v) is 13.0. The number of ether oxygens (including phenoxy) is 4. The van der Waals surface area contributed by atoms with E-state index in [2.05, 4.69) is 53.1 Å². The van der Waals surface area contributed by atoms with Crippen molar-refractivity contribution >= 4 is 46.2 Å². The van der Waals surface area contributed by atoms with E-state index >= 15 is 0 Å². The fourth-order valence-electron chi connectivity index (χ4n) is 6.48. The van der Waals surface area contributed by atoms with E-state index in [1.807, 2.05) is 115 Å². The van der Waals surface area contributed by atoms with Crippen LogP contribution in [0.15, 0.2) is 182 Å². The summed E-state index contributed by atoms with van der Waals surface area (Å²) in [4.78, 5) is 28.6. The standard InChI is InChI=1S/C48H40N2O6/c1-34(36-23-27-44(28-24-36)54-35(2)51)37-25-29-45(30-26-37)55-48(52)56-47-22-12-20-43(33-47)50(39-15-8-5-9-16-39)41-18-10-17-40(31-41)49(38-13-6-4-7-14-38)42-19-11-21-46(32-42)53-3/h4-34H,1-3H3. The molecule has 0 aliphatic carbocycles. The van der Waals surface area contributed by atoms with Crippen LogP contribution in [0.25, 0.3) is 0 Å². The summed E-state index contributed by atoms with van der Waals surface area (Å²) < 4.78 is 22.0. The highest BCUT2D eigenvalue weighted by atomic mass is 16.7. The summed E-state index contributed by atoms with van der Waals surface area (Å²) in [5, 5.41) is 0. The number of para-hydroxylation sites is 2. The molecule has 56 heavy (non-hydrogen) atoms. The van der Waals surface area contributed by atoms with Crippen molar-refractivity contribution in [2.45, 2.75) is 19.8 Å². The zero-order valence-electron chi connectivity index (χ0n) is 31.2. The van der Waals surface area contributed by atoms with Gasteiger partial charge in [-0.2, -0.15) is 0 Å². The van der Waals surface area contributed by atoms with Crippen molar-refractivity contribution in [2.24, 2.45) is 0 Å². The number of esters is 1. The molecule has 0 aliphatic rings. The van der Waals surface area contributed by atoms with Gasteiger partial charge in [0.1, 0.15) is 23.0 Å². The average molecular weight is 741 g/mol. The monoisotopic (exact) mass is 740 g/mol. The molecule has 1 atom stereocenters. The number of benzene rings is 7. The lowest BCUT2D eigenvalue weighted by molar-refractivity contribution is -0.131. The average Bonchev–Trinajstić information content (AvgIpc) is 3.22. The van der Waals surface area contributed by atoms with E-state index in [0.717, 1.165) is 51.0 Å². The van der Waals surface area contributed by atoms with Crippen molar-refractivity contribution in [2.75, 3.05) is 16.9 Å². The molecule has 0 fully saturated rings. The van der Waals surface area contributed by atoms with Gasteiger partial charge < -0.3 is 28.7 Å². The van der Waals surface area contributed by atoms with E-state index in [1.54, 1.807) is 37.4 Å². The van der Waals surface area contributed by atoms with Crippen LogP contribution in [0.2, 0.25) is 0 Å². The SMILES string of the molecule is COc1cccc(N(c2ccccc2)c2cccc(N(c3ccccc3)c3cccc(OC(=O)Oc4ccc(C(C)c5ccc(OC(C)=O)cc5)cc4)c3)c2)c1. The molecule has 1 unspecified atom stereocenters. The number of rotatable bonds is 12. The largest absolute Gasteiger partial charge is 0.519 e. The lowest BCUT2D eigenvalue weighted by Crippen LogP contribution is -2.15. The molecule has 8 heteroatoms. The predicted octanol–water partition coefficient (Wildman–Crippen LogP) is 12.3. The zero-order chi connectivity index (χ0) is 38.9. The Bertz CT molecular complexity index is 2400. The van der Waals surface area contributed by atoms with Crippen LogP contribution in [0.4, 0.5) is 38.9 Å². The van der Waals surface area contributed by atoms with Gasteiger partial charge in [-0.1, -0.05) is 85.8 Å². The highest BCUT2D eigenvalue weighted by molar-refractivity contribution is 5.83. The molecule has 0 saturated heterocycles. The number of hydrogen-bond donors (Lipinski definition) is 0. The first-order valence-electron chi connectivity index (χ1n) is 18.2. The molecule has 0 bridgehead atoms. The Morgan fingerprint density at radius 1 is 0.429 bits per heavy atom. The third kappa shape index (κ3) is 8.89. The van der Waals surface area contributed by atoms with Gasteiger partial charge in [-0.25, -0.2) is 4.79 Å². The van der Waals surface area contributed by atoms with Gasteiger partial charge in [0.25, 0.3) is 0 Å². The van der Waals surface area contributed by atoms with Crippen LogP contribution in [0.3, 0.4) is 0 Å². The maximum absolute atomic E-state index is 13.1. The van der Waals surface area contributed by atoms with Crippen molar-refractivity contribution in [3.63, 3.8) is 0 Å². The second-order valence-electron chi connectivity index (χ2n) is 13.0. The highest BCUT2D eigenvalue weighted by Crippen LogP contribution is 2.41. The molecule has 7 aromatic carbocycles. The number of carbonyl (C=O) groups is 2. The molecule has 7 aromatic rings. The van der Waals surface area contributed by atoms with Gasteiger partial charge in [-0.15, -0.1) is 0 Å². The Labute approximate surface area is 326 Å². The predicted molar refractivity (Wildman–Crippen MR) is 221 cm³/mol. The number of anilines is 6. The third-order valence-electron chi connectivity index (χ3n) is 9.19. The van der Waals surface area contributed by atoms with Gasteiger partial charge in [0.05, 0.1) is 7.11 Å². The maximum Gasteiger partial charge on any atom is 0.519 e. The summed E-state index contributed by atoms with van der Waals surface area (Å²) in [5.74, 6) is 1.64. The first-order chi connectivity index (χ1) is 27.3. The van der Waals surface area contributed by atoms with Crippen LogP contribution in [0.5, 0.6) is 23.0 Å². The van der Waals surface area contributed by atoms with E-state index in [-0.39, 0.29) is 11.9 Å². The molecule has 0 radical (unpaired) electrons. The van der Waals surface area contributed by atoms with Gasteiger partial charge in [-0.05, 0) is 102 Å². The van der Waals surface area contributed by atoms with E-state index < -0.39 is 6.16 Å². The Morgan fingerprint density at radius 2 is 0.821 bits per heavy atom. The zero-order valence-corrected chi connectivity index (χ0v) is 31.2. The number of methoxy groups -OCH3 is 1. The van der Waals surface area contributed by atoms with Gasteiger partial charge in [0.15, 0.2) is 0 Å². The summed E-state index contributed by atoms with van der Waals surface area (Å²) >= 11 is 0. The quantitative estimate of drug-likeness (QED) is 0.0696. The molecule has 8 nitrogen and oxygen atoms in total. The molecule has 278 valence electrons. The molecular weight excluding hydrogens is 701 g/mol. The van der Waals surface area contributed by atoms with Crippen molar-refractivity contribution in [1.29, 1.82) is 0 Å². The first kappa shape index (κ1) is 37.0. The minimum absolute atomic E-state index is 0.0571. The Balaban J connectivity index is 1.12. The van der Waals surface area contributed by atoms with E-state index in [9.17, 15) is 9.59 Å². The molecule has 0 saturated carbocycles. The fourth-order valence-corrected chi connectivity index (χ4v) is 6.48. The highest BCUT2D eigenvalue weighted by Gasteiger charge is 2.19. The van der Waals surface area contributed by atoms with Crippen LogP contribution < -0.4 is 28.7 Å². The van der Waals surface area contributed by atoms with Crippen LogP contribution in [0.1, 0.15) is 30.9 Å². The molecular formula is C48H40N2O6. The Hall–Kier alpha value is -7.32. The first-order valence-corrected chi connectivity index (χ1v) is 18.2.